The molecule has 3 nitrogen and oxygen atoms in total. The lowest BCUT2D eigenvalue weighted by Gasteiger charge is -2.00. The number of aromatic carboxylic acids is 1. The van der Waals surface area contributed by atoms with Gasteiger partial charge in [-0.05, 0) is 23.8 Å². The Kier molecular flexibility index (Phi) is 4.14. The van der Waals surface area contributed by atoms with Gasteiger partial charge in [-0.3, -0.25) is 0 Å². The summed E-state index contributed by atoms with van der Waals surface area (Å²) in [5.41, 5.74) is 0.815. The fourth-order valence-electron chi connectivity index (χ4n) is 1.71. The van der Waals surface area contributed by atoms with E-state index in [9.17, 15) is 9.18 Å². The molecule has 2 N–H and O–H groups in total. The highest BCUT2D eigenvalue weighted by Crippen LogP contribution is 2.13. The van der Waals surface area contributed by atoms with E-state index >= 15 is 0 Å². The SMILES string of the molecule is O=C(O)c1cccc(C#Cc2ccccc2CO)c1F. The van der Waals surface area contributed by atoms with Gasteiger partial charge in [0.1, 0.15) is 0 Å². The predicted octanol–water partition coefficient (Wildman–Crippen LogP) is 2.42. The van der Waals surface area contributed by atoms with Crippen LogP contribution >= 0.6 is 0 Å². The number of halogens is 1. The molecule has 2 aromatic carbocycles. The largest absolute Gasteiger partial charge is 0.478 e. The first kappa shape index (κ1) is 13.8. The maximum atomic E-state index is 13.9. The molecule has 0 spiro atoms. The summed E-state index contributed by atoms with van der Waals surface area (Å²) in [6.45, 7) is -0.164. The van der Waals surface area contributed by atoms with Crippen molar-refractivity contribution in [3.63, 3.8) is 0 Å². The molecule has 0 aliphatic rings. The minimum Gasteiger partial charge on any atom is -0.478 e. The Morgan fingerprint density at radius 2 is 1.70 bits per heavy atom. The van der Waals surface area contributed by atoms with E-state index in [4.69, 9.17) is 10.2 Å². The molecular weight excluding hydrogens is 259 g/mol. The van der Waals surface area contributed by atoms with Gasteiger partial charge in [-0.2, -0.15) is 0 Å². The molecule has 2 aromatic rings. The number of aliphatic hydroxyl groups is 1. The summed E-state index contributed by atoms with van der Waals surface area (Å²) in [6.07, 6.45) is 0. The number of carboxylic acid groups (broad SMARTS) is 1. The van der Waals surface area contributed by atoms with Gasteiger partial charge in [0.25, 0.3) is 0 Å². The standard InChI is InChI=1S/C16H11FO3/c17-15-12(6-3-7-14(15)16(19)20)9-8-11-4-1-2-5-13(11)10-18/h1-7,18H,10H2,(H,19,20). The van der Waals surface area contributed by atoms with E-state index in [0.29, 0.717) is 11.1 Å². The number of carbonyl (C=O) groups is 1. The summed E-state index contributed by atoms with van der Waals surface area (Å²) in [5.74, 6) is 3.16. The summed E-state index contributed by atoms with van der Waals surface area (Å²) in [4.78, 5) is 10.8. The molecule has 2 rings (SSSR count). The van der Waals surface area contributed by atoms with Crippen LogP contribution in [0.4, 0.5) is 4.39 Å². The first-order valence-corrected chi connectivity index (χ1v) is 5.86. The van der Waals surface area contributed by atoms with Crippen molar-refractivity contribution in [2.75, 3.05) is 0 Å². The lowest BCUT2D eigenvalue weighted by atomic mass is 10.1. The van der Waals surface area contributed by atoms with E-state index in [1.165, 1.54) is 18.2 Å². The molecule has 0 unspecified atom stereocenters. The molecule has 0 aliphatic carbocycles. The normalized spacial score (nSPS) is 9.70. The van der Waals surface area contributed by atoms with Crippen LogP contribution in [0.25, 0.3) is 0 Å². The van der Waals surface area contributed by atoms with E-state index < -0.39 is 17.3 Å². The summed E-state index contributed by atoms with van der Waals surface area (Å²) in [7, 11) is 0. The molecule has 20 heavy (non-hydrogen) atoms. The Balaban J connectivity index is 2.44. The average molecular weight is 270 g/mol. The summed E-state index contributed by atoms with van der Waals surface area (Å²) >= 11 is 0. The van der Waals surface area contributed by atoms with Crippen molar-refractivity contribution in [1.82, 2.24) is 0 Å². The zero-order valence-corrected chi connectivity index (χ0v) is 10.4. The molecule has 0 radical (unpaired) electrons. The van der Waals surface area contributed by atoms with Crippen LogP contribution in [0.5, 0.6) is 0 Å². The molecule has 0 fully saturated rings. The Morgan fingerprint density at radius 1 is 1.05 bits per heavy atom. The van der Waals surface area contributed by atoms with Crippen molar-refractivity contribution < 1.29 is 19.4 Å². The molecule has 0 bridgehead atoms. The second kappa shape index (κ2) is 6.00. The van der Waals surface area contributed by atoms with Gasteiger partial charge in [-0.25, -0.2) is 9.18 Å². The van der Waals surface area contributed by atoms with Crippen molar-refractivity contribution in [2.45, 2.75) is 6.61 Å². The highest BCUT2D eigenvalue weighted by molar-refractivity contribution is 5.88. The Hall–Kier alpha value is -2.64. The highest BCUT2D eigenvalue weighted by atomic mass is 19.1. The molecule has 0 saturated carbocycles. The number of aliphatic hydroxyl groups excluding tert-OH is 1. The third-order valence-corrected chi connectivity index (χ3v) is 2.75. The minimum atomic E-state index is -1.33. The highest BCUT2D eigenvalue weighted by Gasteiger charge is 2.12. The molecule has 0 saturated heterocycles. The summed E-state index contributed by atoms with van der Waals surface area (Å²) < 4.78 is 13.9. The van der Waals surface area contributed by atoms with Crippen molar-refractivity contribution >= 4 is 5.97 Å². The van der Waals surface area contributed by atoms with Crippen molar-refractivity contribution in [3.05, 3.63) is 70.5 Å². The first-order valence-electron chi connectivity index (χ1n) is 5.86. The van der Waals surface area contributed by atoms with Crippen LogP contribution in [-0.2, 0) is 6.61 Å². The first-order chi connectivity index (χ1) is 9.63. The van der Waals surface area contributed by atoms with Crippen molar-refractivity contribution in [1.29, 1.82) is 0 Å². The Morgan fingerprint density at radius 3 is 2.40 bits per heavy atom. The quantitative estimate of drug-likeness (QED) is 0.824. The van der Waals surface area contributed by atoms with Gasteiger partial charge in [-0.1, -0.05) is 36.1 Å². The zero-order chi connectivity index (χ0) is 14.5. The van der Waals surface area contributed by atoms with E-state index in [0.717, 1.165) is 0 Å². The van der Waals surface area contributed by atoms with E-state index in [2.05, 4.69) is 11.8 Å². The predicted molar refractivity (Wildman–Crippen MR) is 71.7 cm³/mol. The number of rotatable bonds is 2. The van der Waals surface area contributed by atoms with Crippen LogP contribution in [0, 0.1) is 17.7 Å². The van der Waals surface area contributed by atoms with Gasteiger partial charge in [0.15, 0.2) is 5.82 Å². The van der Waals surface area contributed by atoms with Gasteiger partial charge in [0, 0.05) is 5.56 Å². The molecule has 0 amide bonds. The molecule has 0 heterocycles. The van der Waals surface area contributed by atoms with Crippen LogP contribution in [0.15, 0.2) is 42.5 Å². The number of hydrogen-bond donors (Lipinski definition) is 2. The second-order valence-electron chi connectivity index (χ2n) is 4.04. The monoisotopic (exact) mass is 270 g/mol. The van der Waals surface area contributed by atoms with Gasteiger partial charge in [-0.15, -0.1) is 0 Å². The second-order valence-corrected chi connectivity index (χ2v) is 4.04. The Bertz CT molecular complexity index is 711. The molecule has 0 atom stereocenters. The van der Waals surface area contributed by atoms with Crippen LogP contribution in [-0.4, -0.2) is 16.2 Å². The van der Waals surface area contributed by atoms with Crippen LogP contribution < -0.4 is 0 Å². The topological polar surface area (TPSA) is 57.5 Å². The van der Waals surface area contributed by atoms with Gasteiger partial charge >= 0.3 is 5.97 Å². The number of hydrogen-bond acceptors (Lipinski definition) is 2. The van der Waals surface area contributed by atoms with Crippen molar-refractivity contribution in [3.8, 4) is 11.8 Å². The maximum Gasteiger partial charge on any atom is 0.338 e. The molecule has 100 valence electrons. The number of carboxylic acids is 1. The van der Waals surface area contributed by atoms with E-state index in [1.807, 2.05) is 0 Å². The molecule has 4 heteroatoms. The van der Waals surface area contributed by atoms with E-state index in [1.54, 1.807) is 24.3 Å². The maximum absolute atomic E-state index is 13.9. The average Bonchev–Trinajstić information content (AvgIpc) is 2.46. The van der Waals surface area contributed by atoms with Crippen LogP contribution in [0.1, 0.15) is 27.0 Å². The molecule has 0 aromatic heterocycles. The van der Waals surface area contributed by atoms with Gasteiger partial charge in [0.2, 0.25) is 0 Å². The van der Waals surface area contributed by atoms with Gasteiger partial charge < -0.3 is 10.2 Å². The van der Waals surface area contributed by atoms with Crippen LogP contribution in [0.2, 0.25) is 0 Å². The minimum absolute atomic E-state index is 0.0117. The smallest absolute Gasteiger partial charge is 0.338 e. The third-order valence-electron chi connectivity index (χ3n) is 2.75. The fraction of sp³-hybridized carbons (Fsp3) is 0.0625. The fourth-order valence-corrected chi connectivity index (χ4v) is 1.71. The lowest BCUT2D eigenvalue weighted by Crippen LogP contribution is -2.01. The third kappa shape index (κ3) is 2.85. The molecule has 0 aliphatic heterocycles. The van der Waals surface area contributed by atoms with Crippen molar-refractivity contribution in [2.24, 2.45) is 0 Å². The van der Waals surface area contributed by atoms with E-state index in [-0.39, 0.29) is 12.2 Å². The Labute approximate surface area is 115 Å². The number of benzene rings is 2. The summed E-state index contributed by atoms with van der Waals surface area (Å²) in [5, 5.41) is 18.0. The lowest BCUT2D eigenvalue weighted by molar-refractivity contribution is 0.0692. The molecular formula is C16H11FO3. The van der Waals surface area contributed by atoms with Crippen LogP contribution in [0.3, 0.4) is 0 Å². The summed E-state index contributed by atoms with van der Waals surface area (Å²) in [6, 6.07) is 11.0. The van der Waals surface area contributed by atoms with Gasteiger partial charge in [0.05, 0.1) is 17.7 Å². The zero-order valence-electron chi connectivity index (χ0n) is 10.4.